The van der Waals surface area contributed by atoms with Crippen LogP contribution in [-0.4, -0.2) is 68.9 Å². The van der Waals surface area contributed by atoms with Gasteiger partial charge in [-0.15, -0.1) is 0 Å². The summed E-state index contributed by atoms with van der Waals surface area (Å²) in [7, 11) is -38.6. The molecule has 0 aliphatic carbocycles. The third kappa shape index (κ3) is 42.2. The smallest absolute Gasteiger partial charge is 0.255 e. The summed E-state index contributed by atoms with van der Waals surface area (Å²) in [6, 6.07) is 70.8. The van der Waals surface area contributed by atoms with Gasteiger partial charge in [0, 0.05) is 76.1 Å². The standard InChI is InChI=1S/C26H20N6.4C10H8N2.4F6P.2Ru/c1-31-23-9-5-3-7-19(23)29-25(31)21-15-17(11-13-27-21)18-12-14-28-22(16-18)26-30-20-8-4-6-10-24(20)32(26)2;4*1-3-7-11-9(5-1)10-6-2-4-8-12-10;4*1-7(2,3,4,5)6;;/h3-16H,1-2H3;4*1-8H;;;;;;/q;;;;;4*-1;2*+2. The first kappa shape index (κ1) is 92.5. The summed E-state index contributed by atoms with van der Waals surface area (Å²) in [4.78, 5) is 52.3. The normalized spacial score (nSPS) is 13.4. The number of hydrogen-bond acceptors (Lipinski definition) is 12. The molecule has 0 bridgehead atoms. The fourth-order valence-corrected chi connectivity index (χ4v) is 8.33. The number of nitrogens with zero attached hydrogens (tertiary/aromatic N) is 14. The van der Waals surface area contributed by atoms with Gasteiger partial charge in [0.05, 0.1) is 67.6 Å². The largest absolute Gasteiger partial charge is 2.00 e. The molecule has 44 heteroatoms. The molecule has 0 N–H and O–H groups in total. The molecule has 12 aromatic heterocycles. The Labute approximate surface area is 632 Å². The Balaban J connectivity index is 0.000000280. The zero-order valence-corrected chi connectivity index (χ0v) is 62.4. The van der Waals surface area contributed by atoms with Crippen LogP contribution in [0.25, 0.3) is 102 Å². The molecule has 12 heterocycles. The van der Waals surface area contributed by atoms with Gasteiger partial charge in [0.25, 0.3) is 0 Å². The minimum Gasteiger partial charge on any atom is -0.255 e. The average molecular weight is 1820 g/mol. The second-order valence-electron chi connectivity index (χ2n) is 21.4. The van der Waals surface area contributed by atoms with E-state index in [0.29, 0.717) is 0 Å². The third-order valence-corrected chi connectivity index (χ3v) is 12.3. The van der Waals surface area contributed by atoms with E-state index in [0.717, 1.165) is 102 Å². The second-order valence-corrected chi connectivity index (χ2v) is 29.0. The van der Waals surface area contributed by atoms with Crippen molar-refractivity contribution in [1.82, 2.24) is 68.9 Å². The molecule has 0 unspecified atom stereocenters. The van der Waals surface area contributed by atoms with Gasteiger partial charge in [-0.25, -0.2) is 9.97 Å². The Bertz CT molecular complexity index is 4470. The van der Waals surface area contributed by atoms with Crippen LogP contribution in [0.15, 0.2) is 280 Å². The summed E-state index contributed by atoms with van der Waals surface area (Å²) in [5.41, 5.74) is 15.2. The minimum atomic E-state index is -10.7. The molecule has 0 saturated heterocycles. The number of rotatable bonds is 7. The molecule has 14 nitrogen and oxygen atoms in total. The Kier molecular flexibility index (Phi) is 28.4. The molecule has 14 aromatic rings. The van der Waals surface area contributed by atoms with Crippen LogP contribution in [0.4, 0.5) is 101 Å². The fourth-order valence-electron chi connectivity index (χ4n) is 8.33. The number of aromatic nitrogens is 14. The van der Waals surface area contributed by atoms with Gasteiger partial charge in [0.2, 0.25) is 0 Å². The molecule has 0 atom stereocenters. The summed E-state index contributed by atoms with van der Waals surface area (Å²) in [5.74, 6) is 1.69. The van der Waals surface area contributed by atoms with E-state index in [1.807, 2.05) is 221 Å². The summed E-state index contributed by atoms with van der Waals surface area (Å²) in [6.07, 6.45) is 17.8. The zero-order valence-electron chi connectivity index (χ0n) is 55.4. The Morgan fingerprint density at radius 1 is 0.209 bits per heavy atom. The molecule has 0 saturated carbocycles. The van der Waals surface area contributed by atoms with Crippen molar-refractivity contribution in [1.29, 1.82) is 0 Å². The maximum Gasteiger partial charge on any atom is 2.00 e. The van der Waals surface area contributed by atoms with Crippen LogP contribution >= 0.6 is 31.2 Å². The molecule has 2 aromatic carbocycles. The Hall–Kier alpha value is -9.83. The first-order valence-corrected chi connectivity index (χ1v) is 37.8. The van der Waals surface area contributed by atoms with E-state index >= 15 is 0 Å². The number of para-hydroxylation sites is 4. The number of hydrogen-bond donors (Lipinski definition) is 0. The van der Waals surface area contributed by atoms with E-state index < -0.39 is 31.2 Å². The van der Waals surface area contributed by atoms with E-state index in [1.54, 1.807) is 49.6 Å². The van der Waals surface area contributed by atoms with Crippen LogP contribution in [0.2, 0.25) is 0 Å². The van der Waals surface area contributed by atoms with E-state index in [4.69, 9.17) is 9.97 Å². The summed E-state index contributed by atoms with van der Waals surface area (Å²) >= 11 is 0. The molecule has 0 spiro atoms. The maximum absolute atomic E-state index is 10.7. The molecule has 110 heavy (non-hydrogen) atoms. The van der Waals surface area contributed by atoms with Crippen LogP contribution in [0.1, 0.15) is 0 Å². The van der Waals surface area contributed by atoms with Gasteiger partial charge in [0.15, 0.2) is 11.6 Å². The molecule has 590 valence electrons. The van der Waals surface area contributed by atoms with Crippen LogP contribution < -0.4 is 0 Å². The molecule has 0 aliphatic heterocycles. The van der Waals surface area contributed by atoms with E-state index in [2.05, 4.69) is 83.2 Å². The fraction of sp³-hybridized carbons (Fsp3) is 0.0303. The van der Waals surface area contributed by atoms with Crippen LogP contribution in [0.5, 0.6) is 0 Å². The first-order chi connectivity index (χ1) is 49.3. The predicted molar refractivity (Wildman–Crippen MR) is 371 cm³/mol. The van der Waals surface area contributed by atoms with Crippen molar-refractivity contribution in [3.63, 3.8) is 0 Å². The number of fused-ring (bicyclic) bond motifs is 2. The number of benzene rings is 2. The first-order valence-electron chi connectivity index (χ1n) is 29.7. The van der Waals surface area contributed by atoms with Gasteiger partial charge in [-0.3, -0.25) is 49.8 Å². The number of imidazole rings is 2. The van der Waals surface area contributed by atoms with Gasteiger partial charge in [-0.2, -0.15) is 0 Å². The monoisotopic (exact) mass is 1820 g/mol. The Morgan fingerprint density at radius 2 is 0.373 bits per heavy atom. The molecular weight excluding hydrogens is 1770 g/mol. The van der Waals surface area contributed by atoms with Gasteiger partial charge in [0.1, 0.15) is 11.4 Å². The number of pyridine rings is 10. The van der Waals surface area contributed by atoms with E-state index in [-0.39, 0.29) is 39.0 Å². The Morgan fingerprint density at radius 3 is 0.536 bits per heavy atom. The van der Waals surface area contributed by atoms with Crippen molar-refractivity contribution < 1.29 is 140 Å². The molecule has 0 fully saturated rings. The molecule has 0 radical (unpaired) electrons. The molecule has 0 aliphatic rings. The van der Waals surface area contributed by atoms with Crippen LogP contribution in [0.3, 0.4) is 0 Å². The van der Waals surface area contributed by atoms with Crippen molar-refractivity contribution >= 4 is 53.3 Å². The van der Waals surface area contributed by atoms with Crippen LogP contribution in [0, 0.1) is 0 Å². The maximum atomic E-state index is 9.87. The van der Waals surface area contributed by atoms with Crippen molar-refractivity contribution in [2.75, 3.05) is 0 Å². The SMILES string of the molecule is Cn1c(-c2cc(-c3ccnc(-c4nc5ccccc5n4C)c3)ccn2)nc2ccccc21.F[P-](F)(F)(F)(F)F.F[P-](F)(F)(F)(F)F.F[P-](F)(F)(F)(F)F.F[P-](F)(F)(F)(F)F.[Ru+2].[Ru+2].c1ccc(-c2ccccn2)nc1.c1ccc(-c2ccccn2)nc1.c1ccc(-c2ccccn2)nc1.c1ccc(-c2ccccn2)nc1. The molecular formula is C66H52F24N14P4Ru2. The van der Waals surface area contributed by atoms with Crippen LogP contribution in [-0.2, 0) is 53.1 Å². The predicted octanol–water partition coefficient (Wildman–Crippen LogP) is 27.4. The zero-order chi connectivity index (χ0) is 80.2. The number of aryl methyl sites for hydroxylation is 2. The van der Waals surface area contributed by atoms with Crippen molar-refractivity contribution in [3.8, 4) is 79.7 Å². The van der Waals surface area contributed by atoms with Crippen molar-refractivity contribution in [2.24, 2.45) is 14.1 Å². The summed E-state index contributed by atoms with van der Waals surface area (Å²) in [6.45, 7) is 0. The third-order valence-electron chi connectivity index (χ3n) is 12.3. The summed E-state index contributed by atoms with van der Waals surface area (Å²) < 4.78 is 241. The molecule has 0 amide bonds. The van der Waals surface area contributed by atoms with Crippen molar-refractivity contribution in [3.05, 3.63) is 280 Å². The van der Waals surface area contributed by atoms with E-state index in [1.165, 1.54) is 0 Å². The average Bonchev–Trinajstić information content (AvgIpc) is 1.65. The topological polar surface area (TPSA) is 165 Å². The van der Waals surface area contributed by atoms with Gasteiger partial charge >= 0.3 is 171 Å². The summed E-state index contributed by atoms with van der Waals surface area (Å²) in [5, 5.41) is 0. The van der Waals surface area contributed by atoms with E-state index in [9.17, 15) is 101 Å². The second kappa shape index (κ2) is 33.8. The number of halogens is 24. The quantitative estimate of drug-likeness (QED) is 0.0844. The van der Waals surface area contributed by atoms with Gasteiger partial charge in [-0.05, 0) is 157 Å². The molecule has 14 rings (SSSR count). The minimum absolute atomic E-state index is 0. The van der Waals surface area contributed by atoms with Crippen molar-refractivity contribution in [2.45, 2.75) is 0 Å². The van der Waals surface area contributed by atoms with Gasteiger partial charge in [-0.1, -0.05) is 72.8 Å². The van der Waals surface area contributed by atoms with Gasteiger partial charge < -0.3 is 9.13 Å².